The summed E-state index contributed by atoms with van der Waals surface area (Å²) in [7, 11) is -2.53. The van der Waals surface area contributed by atoms with E-state index in [1.165, 1.54) is 0 Å². The number of allylic oxidation sites excluding steroid dienone is 2. The Balaban J connectivity index is 3.26. The van der Waals surface area contributed by atoms with Crippen molar-refractivity contribution in [2.24, 2.45) is 0 Å². The molecule has 0 atom stereocenters. The first-order valence-corrected chi connectivity index (χ1v) is 8.31. The van der Waals surface area contributed by atoms with E-state index in [1.807, 2.05) is 32.1 Å². The molecule has 0 N–H and O–H groups in total. The van der Waals surface area contributed by atoms with Crippen molar-refractivity contribution in [3.05, 3.63) is 46.5 Å². The Morgan fingerprint density at radius 1 is 1.25 bits per heavy atom. The zero-order chi connectivity index (χ0) is 15.1. The largest absolute Gasteiger partial charge is 0.276 e. The van der Waals surface area contributed by atoms with Gasteiger partial charge in [-0.15, -0.1) is 0 Å². The number of carbonyl (C=O) groups is 1. The van der Waals surface area contributed by atoms with Crippen LogP contribution in [-0.4, -0.2) is 13.7 Å². The minimum atomic E-state index is -2.53. The molecule has 0 saturated heterocycles. The van der Waals surface area contributed by atoms with Crippen LogP contribution in [0.4, 0.5) is 0 Å². The number of carbonyl (C=O) groups excluding carboxylic acids is 1. The second-order valence-electron chi connectivity index (χ2n) is 4.50. The zero-order valence-corrected chi connectivity index (χ0v) is 13.3. The topological polar surface area (TPSA) is 51.2 Å². The maximum absolute atomic E-state index is 11.4. The minimum absolute atomic E-state index is 0.0539. The van der Waals surface area contributed by atoms with Gasteiger partial charge in [0.15, 0.2) is 0 Å². The lowest BCUT2D eigenvalue weighted by Crippen LogP contribution is -2.04. The molecular formula is C15H19ClO3S. The highest BCUT2D eigenvalue weighted by Crippen LogP contribution is 2.22. The lowest BCUT2D eigenvalue weighted by molar-refractivity contribution is 0.108. The van der Waals surface area contributed by atoms with E-state index >= 15 is 0 Å². The number of hydrogen-bond donors (Lipinski definition) is 1. The van der Waals surface area contributed by atoms with Gasteiger partial charge in [-0.25, -0.2) is 8.42 Å². The molecule has 0 fully saturated rings. The molecule has 0 radical (unpaired) electrons. The third-order valence-electron chi connectivity index (χ3n) is 3.13. The Morgan fingerprint density at radius 2 is 1.95 bits per heavy atom. The fourth-order valence-corrected chi connectivity index (χ4v) is 2.89. The van der Waals surface area contributed by atoms with Crippen LogP contribution < -0.4 is 0 Å². The van der Waals surface area contributed by atoms with E-state index in [0.717, 1.165) is 24.0 Å². The highest BCUT2D eigenvalue weighted by atomic mass is 35.5. The number of aryl methyl sites for hydroxylation is 2. The monoisotopic (exact) mass is 314 g/mol. The molecule has 0 heterocycles. The van der Waals surface area contributed by atoms with Crippen LogP contribution in [0.3, 0.4) is 0 Å². The van der Waals surface area contributed by atoms with E-state index in [9.17, 15) is 13.2 Å². The van der Waals surface area contributed by atoms with Crippen LogP contribution in [0.15, 0.2) is 24.3 Å². The van der Waals surface area contributed by atoms with Crippen LogP contribution >= 0.6 is 11.6 Å². The van der Waals surface area contributed by atoms with Crippen molar-refractivity contribution in [2.75, 3.05) is 0 Å². The second-order valence-corrected chi connectivity index (χ2v) is 5.83. The van der Waals surface area contributed by atoms with Gasteiger partial charge in [-0.1, -0.05) is 25.1 Å². The van der Waals surface area contributed by atoms with Crippen molar-refractivity contribution in [1.29, 1.82) is 0 Å². The van der Waals surface area contributed by atoms with Gasteiger partial charge in [0.25, 0.3) is 5.24 Å². The van der Waals surface area contributed by atoms with Crippen molar-refractivity contribution in [1.82, 2.24) is 0 Å². The normalized spacial score (nSPS) is 11.4. The number of halogens is 1. The van der Waals surface area contributed by atoms with Crippen molar-refractivity contribution in [3.63, 3.8) is 0 Å². The molecular weight excluding hydrogens is 296 g/mol. The summed E-state index contributed by atoms with van der Waals surface area (Å²) in [5.74, 6) is -0.0539. The van der Waals surface area contributed by atoms with Crippen LogP contribution in [0.5, 0.6) is 0 Å². The first-order valence-electron chi connectivity index (χ1n) is 6.57. The zero-order valence-electron chi connectivity index (χ0n) is 11.7. The van der Waals surface area contributed by atoms with E-state index < -0.39 is 15.9 Å². The summed E-state index contributed by atoms with van der Waals surface area (Å²) >= 11 is 5.57. The van der Waals surface area contributed by atoms with E-state index in [4.69, 9.17) is 11.6 Å². The molecule has 1 aromatic rings. The van der Waals surface area contributed by atoms with Crippen LogP contribution in [0, 0.1) is 0 Å². The average Bonchev–Trinajstić information content (AvgIpc) is 2.39. The molecule has 0 unspecified atom stereocenters. The molecule has 0 bridgehead atoms. The fraction of sp³-hybridized carbons (Fsp3) is 0.400. The molecule has 110 valence electrons. The van der Waals surface area contributed by atoms with Gasteiger partial charge in [0.2, 0.25) is 0 Å². The van der Waals surface area contributed by atoms with Gasteiger partial charge in [0, 0.05) is 5.56 Å². The Kier molecular flexibility index (Phi) is 6.96. The first-order chi connectivity index (χ1) is 9.49. The van der Waals surface area contributed by atoms with Gasteiger partial charge in [-0.05, 0) is 60.5 Å². The molecule has 0 amide bonds. The predicted octanol–water partition coefficient (Wildman–Crippen LogP) is 3.25. The van der Waals surface area contributed by atoms with E-state index in [1.54, 1.807) is 6.07 Å². The third kappa shape index (κ3) is 4.76. The summed E-state index contributed by atoms with van der Waals surface area (Å²) in [5, 5.41) is -0.538. The molecule has 0 spiro atoms. The maximum Gasteiger partial charge on any atom is 0.252 e. The summed E-state index contributed by atoms with van der Waals surface area (Å²) < 4.78 is 22.0. The second kappa shape index (κ2) is 8.22. The summed E-state index contributed by atoms with van der Waals surface area (Å²) in [5.41, 5.74) is 2.92. The molecule has 0 aliphatic rings. The van der Waals surface area contributed by atoms with Gasteiger partial charge in [0.1, 0.15) is 10.7 Å². The van der Waals surface area contributed by atoms with Gasteiger partial charge in [0.05, 0.1) is 5.75 Å². The van der Waals surface area contributed by atoms with Gasteiger partial charge in [-0.3, -0.25) is 4.79 Å². The van der Waals surface area contributed by atoms with Crippen LogP contribution in [0.1, 0.15) is 47.3 Å². The van der Waals surface area contributed by atoms with E-state index in [2.05, 4.69) is 0 Å². The molecule has 20 heavy (non-hydrogen) atoms. The van der Waals surface area contributed by atoms with Crippen LogP contribution in [-0.2, 0) is 29.3 Å². The highest BCUT2D eigenvalue weighted by molar-refractivity contribution is 7.71. The summed E-state index contributed by atoms with van der Waals surface area (Å²) in [6.45, 7) is 3.89. The van der Waals surface area contributed by atoms with Gasteiger partial charge < -0.3 is 0 Å². The van der Waals surface area contributed by atoms with Crippen molar-refractivity contribution in [2.45, 2.75) is 38.9 Å². The Morgan fingerprint density at radius 3 is 2.45 bits per heavy atom. The molecule has 1 aromatic carbocycles. The van der Waals surface area contributed by atoms with Gasteiger partial charge >= 0.3 is 0 Å². The molecule has 3 nitrogen and oxygen atoms in total. The lowest BCUT2D eigenvalue weighted by Gasteiger charge is -2.12. The Labute approximate surface area is 126 Å². The summed E-state index contributed by atoms with van der Waals surface area (Å²) in [6.07, 6.45) is 6.29. The van der Waals surface area contributed by atoms with Gasteiger partial charge in [-0.2, -0.15) is 0 Å². The summed E-state index contributed by atoms with van der Waals surface area (Å²) in [6, 6.07) is 3.54. The number of rotatable bonds is 7. The standard InChI is InChI=1S/C15H19ClO3S/c1-3-5-6-7-12-8-11(4-2)14(15(16)17)9-13(12)10-20(18)19/h3,5,8-9,20H,4,6-7,10H2,1-2H3. The quantitative estimate of drug-likeness (QED) is 0.477. The van der Waals surface area contributed by atoms with Crippen molar-refractivity contribution < 1.29 is 13.2 Å². The molecule has 5 heteroatoms. The first kappa shape index (κ1) is 16.9. The maximum atomic E-state index is 11.4. The average molecular weight is 315 g/mol. The van der Waals surface area contributed by atoms with E-state index in [0.29, 0.717) is 17.5 Å². The third-order valence-corrected chi connectivity index (χ3v) is 3.94. The fourth-order valence-electron chi connectivity index (χ4n) is 2.14. The Bertz CT molecular complexity index is 581. The predicted molar refractivity (Wildman–Crippen MR) is 83.2 cm³/mol. The number of hydrogen-bond acceptors (Lipinski definition) is 3. The molecule has 0 aromatic heterocycles. The van der Waals surface area contributed by atoms with Crippen molar-refractivity contribution >= 4 is 27.5 Å². The smallest absolute Gasteiger partial charge is 0.252 e. The lowest BCUT2D eigenvalue weighted by atomic mass is 9.95. The SMILES string of the molecule is CC=CCCc1cc(CC)c(C(=O)Cl)cc1C[SH](=O)=O. The molecule has 0 aliphatic carbocycles. The minimum Gasteiger partial charge on any atom is -0.276 e. The molecule has 0 saturated carbocycles. The summed E-state index contributed by atoms with van der Waals surface area (Å²) in [4.78, 5) is 11.4. The van der Waals surface area contributed by atoms with Crippen LogP contribution in [0.25, 0.3) is 0 Å². The van der Waals surface area contributed by atoms with E-state index in [-0.39, 0.29) is 5.75 Å². The van der Waals surface area contributed by atoms with Crippen molar-refractivity contribution in [3.8, 4) is 0 Å². The van der Waals surface area contributed by atoms with Crippen LogP contribution in [0.2, 0.25) is 0 Å². The number of thiol groups is 1. The number of benzene rings is 1. The highest BCUT2D eigenvalue weighted by Gasteiger charge is 2.13. The molecule has 0 aliphatic heterocycles. The Hall–Kier alpha value is -1.13. The molecule has 1 rings (SSSR count).